The molecule has 0 saturated carbocycles. The summed E-state index contributed by atoms with van der Waals surface area (Å²) >= 11 is 3.55. The van der Waals surface area contributed by atoms with Gasteiger partial charge in [-0.15, -0.1) is 0 Å². The van der Waals surface area contributed by atoms with E-state index < -0.39 is 0 Å². The van der Waals surface area contributed by atoms with Gasteiger partial charge in [-0.1, -0.05) is 41.1 Å². The van der Waals surface area contributed by atoms with E-state index in [4.69, 9.17) is 0 Å². The van der Waals surface area contributed by atoms with Crippen LogP contribution in [0.25, 0.3) is 0 Å². The van der Waals surface area contributed by atoms with E-state index in [1.165, 1.54) is 5.56 Å². The molecule has 0 saturated heterocycles. The van der Waals surface area contributed by atoms with E-state index in [2.05, 4.69) is 39.1 Å². The zero-order valence-electron chi connectivity index (χ0n) is 8.39. The minimum absolute atomic E-state index is 0.259. The van der Waals surface area contributed by atoms with Gasteiger partial charge in [0.1, 0.15) is 0 Å². The first kappa shape index (κ1) is 10.3. The average molecular weight is 263 g/mol. The third-order valence-corrected chi connectivity index (χ3v) is 3.13. The molecule has 0 amide bonds. The van der Waals surface area contributed by atoms with Crippen LogP contribution in [0.15, 0.2) is 47.1 Å². The largest absolute Gasteiger partial charge is 0.159 e. The molecule has 0 radical (unpaired) electrons. The Hall–Kier alpha value is -1.22. The van der Waals surface area contributed by atoms with Gasteiger partial charge in [-0.2, -0.15) is 10.2 Å². The van der Waals surface area contributed by atoms with Crippen LogP contribution in [0.1, 0.15) is 24.1 Å². The first-order valence-corrected chi connectivity index (χ1v) is 5.60. The number of nitrogens with zero attached hydrogens (tertiary/aromatic N) is 2. The van der Waals surface area contributed by atoms with Crippen LogP contribution >= 0.6 is 15.9 Å². The van der Waals surface area contributed by atoms with Crippen molar-refractivity contribution >= 4 is 15.9 Å². The fourth-order valence-corrected chi connectivity index (χ4v) is 2.16. The number of halogens is 1. The second-order valence-corrected chi connectivity index (χ2v) is 4.25. The van der Waals surface area contributed by atoms with Crippen LogP contribution in [0.5, 0.6) is 0 Å². The van der Waals surface area contributed by atoms with Crippen LogP contribution in [0.3, 0.4) is 0 Å². The summed E-state index contributed by atoms with van der Waals surface area (Å²) in [6.07, 6.45) is 1.69. The van der Waals surface area contributed by atoms with Gasteiger partial charge in [0.2, 0.25) is 0 Å². The highest BCUT2D eigenvalue weighted by Crippen LogP contribution is 2.28. The molecule has 1 unspecified atom stereocenters. The molecule has 1 atom stereocenters. The molecule has 0 bridgehead atoms. The van der Waals surface area contributed by atoms with Crippen LogP contribution in [0.4, 0.5) is 0 Å². The molecule has 0 aliphatic heterocycles. The molecular formula is C12H11BrN2. The number of rotatable bonds is 2. The molecule has 2 rings (SSSR count). The maximum absolute atomic E-state index is 4.13. The lowest BCUT2D eigenvalue weighted by molar-refractivity contribution is 0.819. The highest BCUT2D eigenvalue weighted by molar-refractivity contribution is 9.10. The molecule has 1 aromatic carbocycles. The summed E-state index contributed by atoms with van der Waals surface area (Å²) in [6, 6.07) is 12.1. The summed E-state index contributed by atoms with van der Waals surface area (Å²) in [5.74, 6) is 0.259. The van der Waals surface area contributed by atoms with Gasteiger partial charge in [0, 0.05) is 16.6 Å². The van der Waals surface area contributed by atoms with Gasteiger partial charge in [-0.05, 0) is 23.8 Å². The zero-order chi connectivity index (χ0) is 10.7. The quantitative estimate of drug-likeness (QED) is 0.829. The maximum Gasteiger partial charge on any atom is 0.0703 e. The van der Waals surface area contributed by atoms with Crippen molar-refractivity contribution < 1.29 is 0 Å². The molecule has 76 valence electrons. The van der Waals surface area contributed by atoms with E-state index in [0.717, 1.165) is 10.2 Å². The lowest BCUT2D eigenvalue weighted by atomic mass is 9.98. The Bertz CT molecular complexity index is 442. The normalized spacial score (nSPS) is 12.4. The Balaban J connectivity index is 2.37. The molecule has 3 heteroatoms. The summed E-state index contributed by atoms with van der Waals surface area (Å²) in [5.41, 5.74) is 2.22. The molecule has 0 aliphatic carbocycles. The van der Waals surface area contributed by atoms with Crippen molar-refractivity contribution in [3.63, 3.8) is 0 Å². The van der Waals surface area contributed by atoms with Gasteiger partial charge in [0.25, 0.3) is 0 Å². The molecule has 1 heterocycles. The van der Waals surface area contributed by atoms with E-state index in [0.29, 0.717) is 0 Å². The fraction of sp³-hybridized carbons (Fsp3) is 0.167. The van der Waals surface area contributed by atoms with Crippen LogP contribution in [0, 0.1) is 0 Å². The molecule has 0 aliphatic rings. The summed E-state index contributed by atoms with van der Waals surface area (Å²) in [6.45, 7) is 2.13. The van der Waals surface area contributed by atoms with E-state index in [9.17, 15) is 0 Å². The van der Waals surface area contributed by atoms with Gasteiger partial charge >= 0.3 is 0 Å². The third kappa shape index (κ3) is 2.23. The molecule has 0 fully saturated rings. The first-order chi connectivity index (χ1) is 7.29. The minimum atomic E-state index is 0.259. The van der Waals surface area contributed by atoms with Crippen LogP contribution < -0.4 is 0 Å². The van der Waals surface area contributed by atoms with E-state index in [1.54, 1.807) is 6.20 Å². The Morgan fingerprint density at radius 2 is 1.93 bits per heavy atom. The highest BCUT2D eigenvalue weighted by Gasteiger charge is 2.12. The smallest absolute Gasteiger partial charge is 0.0703 e. The summed E-state index contributed by atoms with van der Waals surface area (Å²) < 4.78 is 1.11. The predicted octanol–water partition coefficient (Wildman–Crippen LogP) is 3.39. The van der Waals surface area contributed by atoms with Crippen molar-refractivity contribution in [2.45, 2.75) is 12.8 Å². The van der Waals surface area contributed by atoms with Crippen molar-refractivity contribution in [3.8, 4) is 0 Å². The van der Waals surface area contributed by atoms with Crippen molar-refractivity contribution in [2.75, 3.05) is 0 Å². The standard InChI is InChI=1S/C12H11BrN2/c1-9(12-7-4-8-14-15-12)10-5-2-3-6-11(10)13/h2-9H,1H3. The lowest BCUT2D eigenvalue weighted by Gasteiger charge is -2.11. The van der Waals surface area contributed by atoms with Crippen molar-refractivity contribution in [2.24, 2.45) is 0 Å². The number of hydrogen-bond donors (Lipinski definition) is 0. The monoisotopic (exact) mass is 262 g/mol. The second kappa shape index (κ2) is 4.53. The van der Waals surface area contributed by atoms with Crippen molar-refractivity contribution in [1.82, 2.24) is 10.2 Å². The minimum Gasteiger partial charge on any atom is -0.159 e. The number of hydrogen-bond acceptors (Lipinski definition) is 2. The summed E-state index contributed by atoms with van der Waals surface area (Å²) in [4.78, 5) is 0. The first-order valence-electron chi connectivity index (χ1n) is 4.81. The van der Waals surface area contributed by atoms with Gasteiger partial charge in [-0.3, -0.25) is 0 Å². The topological polar surface area (TPSA) is 25.8 Å². The number of benzene rings is 1. The van der Waals surface area contributed by atoms with Crippen LogP contribution in [0.2, 0.25) is 0 Å². The molecule has 2 nitrogen and oxygen atoms in total. The Morgan fingerprint density at radius 1 is 1.13 bits per heavy atom. The second-order valence-electron chi connectivity index (χ2n) is 3.39. The summed E-state index contributed by atoms with van der Waals surface area (Å²) in [5, 5.41) is 8.02. The maximum atomic E-state index is 4.13. The van der Waals surface area contributed by atoms with Gasteiger partial charge in [-0.25, -0.2) is 0 Å². The highest BCUT2D eigenvalue weighted by atomic mass is 79.9. The Labute approximate surface area is 97.5 Å². The molecular weight excluding hydrogens is 252 g/mol. The Morgan fingerprint density at radius 3 is 2.60 bits per heavy atom. The molecule has 0 N–H and O–H groups in total. The van der Waals surface area contributed by atoms with Crippen LogP contribution in [-0.4, -0.2) is 10.2 Å². The van der Waals surface area contributed by atoms with Crippen LogP contribution in [-0.2, 0) is 0 Å². The number of aromatic nitrogens is 2. The average Bonchev–Trinajstić information content (AvgIpc) is 2.30. The van der Waals surface area contributed by atoms with Gasteiger partial charge in [0.05, 0.1) is 5.69 Å². The summed E-state index contributed by atoms with van der Waals surface area (Å²) in [7, 11) is 0. The predicted molar refractivity (Wildman–Crippen MR) is 63.7 cm³/mol. The van der Waals surface area contributed by atoms with Gasteiger partial charge in [0.15, 0.2) is 0 Å². The van der Waals surface area contributed by atoms with E-state index in [1.807, 2.05) is 30.3 Å². The van der Waals surface area contributed by atoms with Gasteiger partial charge < -0.3 is 0 Å². The fourth-order valence-electron chi connectivity index (χ4n) is 1.53. The molecule has 15 heavy (non-hydrogen) atoms. The Kier molecular flexibility index (Phi) is 3.11. The SMILES string of the molecule is CC(c1cccnn1)c1ccccc1Br. The third-order valence-electron chi connectivity index (χ3n) is 2.41. The molecule has 1 aromatic heterocycles. The van der Waals surface area contributed by atoms with Crippen molar-refractivity contribution in [1.29, 1.82) is 0 Å². The lowest BCUT2D eigenvalue weighted by Crippen LogP contribution is -2.00. The zero-order valence-corrected chi connectivity index (χ0v) is 9.98. The molecule has 0 spiro atoms. The molecule has 2 aromatic rings. The van der Waals surface area contributed by atoms with E-state index in [-0.39, 0.29) is 5.92 Å². The van der Waals surface area contributed by atoms with Crippen molar-refractivity contribution in [3.05, 3.63) is 58.3 Å². The van der Waals surface area contributed by atoms with E-state index >= 15 is 0 Å².